The van der Waals surface area contributed by atoms with Crippen LogP contribution in [0.25, 0.3) is 11.4 Å². The number of methoxy groups -OCH3 is 1. The average Bonchev–Trinajstić information content (AvgIpc) is 2.94. The molecule has 1 aliphatic heterocycles. The number of nitrogens with zero attached hydrogens (tertiary/aromatic N) is 2. The molecule has 0 saturated heterocycles. The first-order chi connectivity index (χ1) is 9.70. The average molecular weight is 269 g/mol. The lowest BCUT2D eigenvalue weighted by Crippen LogP contribution is -2.12. The van der Waals surface area contributed by atoms with Crippen LogP contribution in [0.1, 0.15) is 27.3 Å². The van der Waals surface area contributed by atoms with Crippen molar-refractivity contribution in [2.75, 3.05) is 7.11 Å². The minimum Gasteiger partial charge on any atom is -0.464 e. The van der Waals surface area contributed by atoms with Crippen molar-refractivity contribution in [2.45, 2.75) is 20.0 Å². The molecule has 0 fully saturated rings. The van der Waals surface area contributed by atoms with Crippen LogP contribution >= 0.6 is 0 Å². The lowest BCUT2D eigenvalue weighted by molar-refractivity contribution is 0.0592. The quantitative estimate of drug-likeness (QED) is 0.843. The van der Waals surface area contributed by atoms with Gasteiger partial charge in [0.2, 0.25) is 0 Å². The molecule has 5 heteroatoms. The van der Waals surface area contributed by atoms with E-state index in [1.54, 1.807) is 0 Å². The molecule has 0 saturated carbocycles. The number of aryl methyl sites for hydroxylation is 1. The van der Waals surface area contributed by atoms with Gasteiger partial charge in [0.25, 0.3) is 0 Å². The summed E-state index contributed by atoms with van der Waals surface area (Å²) < 4.78 is 4.83. The van der Waals surface area contributed by atoms with E-state index >= 15 is 0 Å². The number of hydrogen-bond acceptors (Lipinski definition) is 5. The predicted molar refractivity (Wildman–Crippen MR) is 74.1 cm³/mol. The van der Waals surface area contributed by atoms with Crippen molar-refractivity contribution >= 4 is 5.97 Å². The van der Waals surface area contributed by atoms with Gasteiger partial charge < -0.3 is 10.1 Å². The maximum Gasteiger partial charge on any atom is 0.357 e. The van der Waals surface area contributed by atoms with Gasteiger partial charge in [-0.3, -0.25) is 0 Å². The second-order valence-corrected chi connectivity index (χ2v) is 4.73. The molecule has 0 spiro atoms. The van der Waals surface area contributed by atoms with E-state index in [4.69, 9.17) is 4.74 Å². The smallest absolute Gasteiger partial charge is 0.357 e. The normalized spacial score (nSPS) is 13.1. The molecule has 0 amide bonds. The van der Waals surface area contributed by atoms with Crippen LogP contribution in [0.3, 0.4) is 0 Å². The Morgan fingerprint density at radius 1 is 1.25 bits per heavy atom. The van der Waals surface area contributed by atoms with Crippen LogP contribution in [0, 0.1) is 6.92 Å². The SMILES string of the molecule is COC(=O)c1nc(-c2ccccc2C)nc2c1CNC2. The number of carbonyl (C=O) groups is 1. The molecule has 102 valence electrons. The maximum atomic E-state index is 11.9. The van der Waals surface area contributed by atoms with Crippen molar-refractivity contribution < 1.29 is 9.53 Å². The van der Waals surface area contributed by atoms with Crippen LogP contribution < -0.4 is 5.32 Å². The molecule has 2 aromatic rings. The third-order valence-corrected chi connectivity index (χ3v) is 3.45. The Balaban J connectivity index is 2.19. The molecule has 0 bridgehead atoms. The van der Waals surface area contributed by atoms with Gasteiger partial charge in [0.05, 0.1) is 12.8 Å². The first-order valence-electron chi connectivity index (χ1n) is 6.45. The molecular weight excluding hydrogens is 254 g/mol. The van der Waals surface area contributed by atoms with E-state index in [0.717, 1.165) is 22.4 Å². The lowest BCUT2D eigenvalue weighted by Gasteiger charge is -2.09. The Bertz CT molecular complexity index is 683. The molecule has 0 aliphatic carbocycles. The second-order valence-electron chi connectivity index (χ2n) is 4.73. The van der Waals surface area contributed by atoms with Crippen LogP contribution in [0.4, 0.5) is 0 Å². The van der Waals surface area contributed by atoms with Gasteiger partial charge in [0.1, 0.15) is 0 Å². The summed E-state index contributed by atoms with van der Waals surface area (Å²) in [6.45, 7) is 3.26. The van der Waals surface area contributed by atoms with E-state index in [1.807, 2.05) is 31.2 Å². The number of fused-ring (bicyclic) bond motifs is 1. The monoisotopic (exact) mass is 269 g/mol. The van der Waals surface area contributed by atoms with Crippen molar-refractivity contribution in [1.82, 2.24) is 15.3 Å². The van der Waals surface area contributed by atoms with E-state index < -0.39 is 5.97 Å². The summed E-state index contributed by atoms with van der Waals surface area (Å²) >= 11 is 0. The Hall–Kier alpha value is -2.27. The fourth-order valence-corrected chi connectivity index (χ4v) is 2.38. The first kappa shape index (κ1) is 12.7. The van der Waals surface area contributed by atoms with Gasteiger partial charge in [-0.05, 0) is 12.5 Å². The maximum absolute atomic E-state index is 11.9. The topological polar surface area (TPSA) is 64.1 Å². The third kappa shape index (κ3) is 2.06. The molecule has 3 rings (SSSR count). The summed E-state index contributed by atoms with van der Waals surface area (Å²) in [5.74, 6) is 0.160. The van der Waals surface area contributed by atoms with Gasteiger partial charge in [-0.15, -0.1) is 0 Å². The van der Waals surface area contributed by atoms with E-state index in [2.05, 4.69) is 15.3 Å². The van der Waals surface area contributed by atoms with Crippen molar-refractivity contribution in [3.8, 4) is 11.4 Å². The van der Waals surface area contributed by atoms with E-state index in [9.17, 15) is 4.79 Å². The summed E-state index contributed by atoms with van der Waals surface area (Å²) in [6.07, 6.45) is 0. The largest absolute Gasteiger partial charge is 0.464 e. The number of nitrogens with one attached hydrogen (secondary N) is 1. The summed E-state index contributed by atoms with van der Waals surface area (Å²) in [4.78, 5) is 20.9. The number of benzene rings is 1. The van der Waals surface area contributed by atoms with Gasteiger partial charge in [-0.1, -0.05) is 24.3 Å². The van der Waals surface area contributed by atoms with Crippen molar-refractivity contribution in [3.63, 3.8) is 0 Å². The molecule has 0 unspecified atom stereocenters. The van der Waals surface area contributed by atoms with Crippen LogP contribution in [-0.4, -0.2) is 23.0 Å². The van der Waals surface area contributed by atoms with Crippen molar-refractivity contribution in [2.24, 2.45) is 0 Å². The number of aromatic nitrogens is 2. The lowest BCUT2D eigenvalue weighted by atomic mass is 10.1. The van der Waals surface area contributed by atoms with Crippen LogP contribution in [-0.2, 0) is 17.8 Å². The molecule has 2 heterocycles. The van der Waals surface area contributed by atoms with E-state index in [1.165, 1.54) is 7.11 Å². The Morgan fingerprint density at radius 3 is 2.80 bits per heavy atom. The zero-order valence-corrected chi connectivity index (χ0v) is 11.4. The number of carbonyl (C=O) groups excluding carboxylic acids is 1. The molecule has 1 aromatic heterocycles. The minimum absolute atomic E-state index is 0.362. The Morgan fingerprint density at radius 2 is 2.05 bits per heavy atom. The highest BCUT2D eigenvalue weighted by Gasteiger charge is 2.24. The van der Waals surface area contributed by atoms with Crippen molar-refractivity contribution in [1.29, 1.82) is 0 Å². The highest BCUT2D eigenvalue weighted by molar-refractivity contribution is 5.89. The highest BCUT2D eigenvalue weighted by atomic mass is 16.5. The Kier molecular flexibility index (Phi) is 3.20. The molecular formula is C15H15N3O2. The third-order valence-electron chi connectivity index (χ3n) is 3.45. The van der Waals surface area contributed by atoms with E-state index in [0.29, 0.717) is 24.6 Å². The molecule has 5 nitrogen and oxygen atoms in total. The van der Waals surface area contributed by atoms with Crippen LogP contribution in [0.15, 0.2) is 24.3 Å². The number of esters is 1. The first-order valence-corrected chi connectivity index (χ1v) is 6.45. The standard InChI is InChI=1S/C15H15N3O2/c1-9-5-3-4-6-10(9)14-17-12-8-16-7-11(12)13(18-14)15(19)20-2/h3-6,16H,7-8H2,1-2H3. The number of rotatable bonds is 2. The zero-order valence-electron chi connectivity index (χ0n) is 11.4. The fourth-order valence-electron chi connectivity index (χ4n) is 2.38. The predicted octanol–water partition coefficient (Wildman–Crippen LogP) is 1.84. The van der Waals surface area contributed by atoms with Crippen LogP contribution in [0.5, 0.6) is 0 Å². The molecule has 1 N–H and O–H groups in total. The zero-order chi connectivity index (χ0) is 14.1. The molecule has 0 radical (unpaired) electrons. The molecule has 20 heavy (non-hydrogen) atoms. The fraction of sp³-hybridized carbons (Fsp3) is 0.267. The summed E-state index contributed by atoms with van der Waals surface area (Å²) in [6, 6.07) is 7.87. The Labute approximate surface area is 117 Å². The van der Waals surface area contributed by atoms with Gasteiger partial charge in [0.15, 0.2) is 11.5 Å². The van der Waals surface area contributed by atoms with Gasteiger partial charge in [0, 0.05) is 24.2 Å². The molecule has 1 aliphatic rings. The summed E-state index contributed by atoms with van der Waals surface area (Å²) in [5.41, 5.74) is 4.09. The molecule has 0 atom stereocenters. The summed E-state index contributed by atoms with van der Waals surface area (Å²) in [5, 5.41) is 3.19. The molecule has 1 aromatic carbocycles. The summed E-state index contributed by atoms with van der Waals surface area (Å²) in [7, 11) is 1.37. The van der Waals surface area contributed by atoms with E-state index in [-0.39, 0.29) is 0 Å². The second kappa shape index (κ2) is 5.02. The van der Waals surface area contributed by atoms with Gasteiger partial charge >= 0.3 is 5.97 Å². The number of hydrogen-bond donors (Lipinski definition) is 1. The van der Waals surface area contributed by atoms with Crippen LogP contribution in [0.2, 0.25) is 0 Å². The number of ether oxygens (including phenoxy) is 1. The van der Waals surface area contributed by atoms with Crippen molar-refractivity contribution in [3.05, 3.63) is 46.8 Å². The van der Waals surface area contributed by atoms with Gasteiger partial charge in [-0.2, -0.15) is 0 Å². The van der Waals surface area contributed by atoms with Gasteiger partial charge in [-0.25, -0.2) is 14.8 Å². The highest BCUT2D eigenvalue weighted by Crippen LogP contribution is 2.24. The minimum atomic E-state index is -0.415.